The fraction of sp³-hybridized carbons (Fsp3) is 0.600. The Balaban J connectivity index is 2.01. The zero-order valence-corrected chi connectivity index (χ0v) is 19.8. The molecule has 0 radical (unpaired) electrons. The molecule has 1 aromatic heterocycles. The number of carbonyl (C=O) groups is 1. The Morgan fingerprint density at radius 3 is 2.16 bits per heavy atom. The predicted molar refractivity (Wildman–Crippen MR) is 122 cm³/mol. The first-order valence-electron chi connectivity index (χ1n) is 11.0. The van der Waals surface area contributed by atoms with Gasteiger partial charge in [0.1, 0.15) is 5.76 Å². The van der Waals surface area contributed by atoms with Crippen LogP contribution in [0, 0.1) is 0 Å². The van der Waals surface area contributed by atoms with E-state index in [4.69, 9.17) is 4.52 Å². The van der Waals surface area contributed by atoms with E-state index in [0.29, 0.717) is 31.6 Å². The van der Waals surface area contributed by atoms with Crippen molar-refractivity contribution in [2.24, 2.45) is 0 Å². The van der Waals surface area contributed by atoms with Gasteiger partial charge in [0.2, 0.25) is 0 Å². The van der Waals surface area contributed by atoms with E-state index in [1.54, 1.807) is 4.90 Å². The van der Waals surface area contributed by atoms with Gasteiger partial charge in [-0.25, -0.2) is 4.79 Å². The number of piperidine rings is 1. The molecule has 2 atom stereocenters. The van der Waals surface area contributed by atoms with Crippen molar-refractivity contribution in [3.05, 3.63) is 57.1 Å². The molecule has 170 valence electrons. The summed E-state index contributed by atoms with van der Waals surface area (Å²) in [6, 6.07) is 8.21. The van der Waals surface area contributed by atoms with Gasteiger partial charge >= 0.3 is 6.09 Å². The zero-order valence-electron chi connectivity index (χ0n) is 19.8. The van der Waals surface area contributed by atoms with Crippen molar-refractivity contribution in [1.82, 2.24) is 10.1 Å². The number of aromatic amines is 1. The van der Waals surface area contributed by atoms with Gasteiger partial charge < -0.3 is 14.5 Å². The summed E-state index contributed by atoms with van der Waals surface area (Å²) in [6.45, 7) is 15.6. The van der Waals surface area contributed by atoms with Gasteiger partial charge in [-0.3, -0.25) is 4.79 Å². The van der Waals surface area contributed by atoms with Gasteiger partial charge in [-0.15, -0.1) is 0 Å². The number of hydrogen-bond donors (Lipinski definition) is 2. The van der Waals surface area contributed by atoms with Gasteiger partial charge in [-0.2, -0.15) is 5.16 Å². The molecule has 0 unspecified atom stereocenters. The largest absolute Gasteiger partial charge is 0.465 e. The van der Waals surface area contributed by atoms with Crippen LogP contribution in [0.15, 0.2) is 33.6 Å². The first-order chi connectivity index (χ1) is 14.2. The number of rotatable bonds is 3. The van der Waals surface area contributed by atoms with E-state index in [9.17, 15) is 14.7 Å². The highest BCUT2D eigenvalue weighted by Crippen LogP contribution is 2.40. The van der Waals surface area contributed by atoms with Crippen molar-refractivity contribution in [3.8, 4) is 0 Å². The highest BCUT2D eigenvalue weighted by Gasteiger charge is 2.43. The van der Waals surface area contributed by atoms with E-state index in [1.165, 1.54) is 17.2 Å². The van der Waals surface area contributed by atoms with Crippen LogP contribution in [0.4, 0.5) is 4.79 Å². The van der Waals surface area contributed by atoms with Crippen molar-refractivity contribution in [3.63, 3.8) is 0 Å². The molecule has 1 amide bonds. The van der Waals surface area contributed by atoms with Gasteiger partial charge in [0.05, 0.1) is 0 Å². The lowest BCUT2D eigenvalue weighted by molar-refractivity contribution is 0.0461. The lowest BCUT2D eigenvalue weighted by Crippen LogP contribution is -2.55. The van der Waals surface area contributed by atoms with E-state index < -0.39 is 11.6 Å². The third-order valence-electron chi connectivity index (χ3n) is 6.52. The Labute approximate surface area is 184 Å². The molecule has 2 aromatic rings. The van der Waals surface area contributed by atoms with E-state index in [2.05, 4.69) is 64.9 Å². The Bertz CT molecular complexity index is 973. The Kier molecular flexibility index (Phi) is 5.89. The Morgan fingerprint density at radius 2 is 1.71 bits per heavy atom. The standard InChI is InChI=1S/C25H36N2O4/c1-23(2,3)18-10-16(11-19(12-18)24(4,5)6)14-25(7)15-17(8-9-27(25)22(29)30)20-13-21(28)26-31-20/h10-13,17H,8-9,14-15H2,1-7H3,(H,26,28)(H,29,30)/t17-,25-/m1/s1. The average molecular weight is 429 g/mol. The summed E-state index contributed by atoms with van der Waals surface area (Å²) in [5, 5.41) is 12.3. The monoisotopic (exact) mass is 428 g/mol. The number of H-pyrrole nitrogens is 1. The summed E-state index contributed by atoms with van der Waals surface area (Å²) >= 11 is 0. The van der Waals surface area contributed by atoms with E-state index >= 15 is 0 Å². The molecular weight excluding hydrogens is 392 g/mol. The normalized spacial score (nSPS) is 22.5. The summed E-state index contributed by atoms with van der Waals surface area (Å²) in [5.41, 5.74) is 2.78. The van der Waals surface area contributed by atoms with Crippen LogP contribution in [0.5, 0.6) is 0 Å². The van der Waals surface area contributed by atoms with Crippen LogP contribution in [0.1, 0.15) is 89.7 Å². The Hall–Kier alpha value is -2.50. The summed E-state index contributed by atoms with van der Waals surface area (Å²) in [4.78, 5) is 25.2. The van der Waals surface area contributed by atoms with Crippen molar-refractivity contribution < 1.29 is 14.4 Å². The van der Waals surface area contributed by atoms with Gasteiger partial charge in [0.15, 0.2) is 0 Å². The van der Waals surface area contributed by atoms with Crippen LogP contribution in [0.25, 0.3) is 0 Å². The molecule has 2 heterocycles. The fourth-order valence-corrected chi connectivity index (χ4v) is 4.63. The SMILES string of the molecule is CC(C)(C)c1cc(C[C@]2(C)C[C@H](c3cc(=O)[nH]o3)CCN2C(=O)O)cc(C(C)(C)C)c1. The summed E-state index contributed by atoms with van der Waals surface area (Å²) in [5.74, 6) is 0.618. The molecule has 6 nitrogen and oxygen atoms in total. The van der Waals surface area contributed by atoms with Crippen molar-refractivity contribution >= 4 is 6.09 Å². The third-order valence-corrected chi connectivity index (χ3v) is 6.52. The van der Waals surface area contributed by atoms with Crippen LogP contribution >= 0.6 is 0 Å². The lowest BCUT2D eigenvalue weighted by Gasteiger charge is -2.46. The second-order valence-corrected chi connectivity index (χ2v) is 11.3. The first kappa shape index (κ1) is 23.2. The molecule has 1 aliphatic heterocycles. The van der Waals surface area contributed by atoms with Crippen LogP contribution in [0.2, 0.25) is 0 Å². The molecule has 1 aromatic carbocycles. The molecule has 0 bridgehead atoms. The molecule has 2 N–H and O–H groups in total. The second kappa shape index (κ2) is 7.88. The van der Waals surface area contributed by atoms with E-state index in [1.807, 2.05) is 6.92 Å². The molecule has 1 fully saturated rings. The lowest BCUT2D eigenvalue weighted by atomic mass is 9.74. The van der Waals surface area contributed by atoms with Crippen LogP contribution in [-0.2, 0) is 17.3 Å². The average Bonchev–Trinajstić information content (AvgIpc) is 3.05. The van der Waals surface area contributed by atoms with Crippen molar-refractivity contribution in [2.45, 2.75) is 90.0 Å². The number of aromatic nitrogens is 1. The molecular formula is C25H36N2O4. The number of amides is 1. The van der Waals surface area contributed by atoms with Crippen LogP contribution in [-0.4, -0.2) is 33.3 Å². The van der Waals surface area contributed by atoms with Crippen molar-refractivity contribution in [2.75, 3.05) is 6.54 Å². The summed E-state index contributed by atoms with van der Waals surface area (Å²) in [7, 11) is 0. The number of hydrogen-bond acceptors (Lipinski definition) is 3. The second-order valence-electron chi connectivity index (χ2n) is 11.3. The third kappa shape index (κ3) is 5.05. The molecule has 0 spiro atoms. The van der Waals surface area contributed by atoms with Gasteiger partial charge in [-0.05, 0) is 53.7 Å². The van der Waals surface area contributed by atoms with Gasteiger partial charge in [0.25, 0.3) is 5.56 Å². The summed E-state index contributed by atoms with van der Waals surface area (Å²) in [6.07, 6.45) is 0.944. The molecule has 1 aliphatic rings. The quantitative estimate of drug-likeness (QED) is 0.683. The molecule has 1 saturated heterocycles. The topological polar surface area (TPSA) is 86.5 Å². The number of benzene rings is 1. The van der Waals surface area contributed by atoms with Crippen LogP contribution in [0.3, 0.4) is 0 Å². The van der Waals surface area contributed by atoms with E-state index in [0.717, 1.165) is 5.56 Å². The minimum Gasteiger partial charge on any atom is -0.465 e. The zero-order chi connectivity index (χ0) is 23.2. The predicted octanol–water partition coefficient (Wildman–Crippen LogP) is 5.42. The maximum absolute atomic E-state index is 12.1. The fourth-order valence-electron chi connectivity index (χ4n) is 4.63. The molecule has 3 rings (SSSR count). The van der Waals surface area contributed by atoms with Crippen molar-refractivity contribution in [1.29, 1.82) is 0 Å². The minimum atomic E-state index is -0.903. The maximum atomic E-state index is 12.1. The number of carboxylic acid groups (broad SMARTS) is 1. The molecule has 0 aliphatic carbocycles. The first-order valence-corrected chi connectivity index (χ1v) is 11.0. The van der Waals surface area contributed by atoms with Gasteiger partial charge in [-0.1, -0.05) is 59.7 Å². The highest BCUT2D eigenvalue weighted by molar-refractivity contribution is 5.66. The Morgan fingerprint density at radius 1 is 1.13 bits per heavy atom. The smallest absolute Gasteiger partial charge is 0.407 e. The van der Waals surface area contributed by atoms with Crippen LogP contribution < -0.4 is 5.56 Å². The maximum Gasteiger partial charge on any atom is 0.407 e. The molecule has 6 heteroatoms. The molecule has 31 heavy (non-hydrogen) atoms. The van der Waals surface area contributed by atoms with E-state index in [-0.39, 0.29) is 22.3 Å². The number of likely N-dealkylation sites (tertiary alicyclic amines) is 1. The summed E-state index contributed by atoms with van der Waals surface area (Å²) < 4.78 is 5.37. The van der Waals surface area contributed by atoms with Gasteiger partial charge in [0, 0.05) is 24.1 Å². The highest BCUT2D eigenvalue weighted by atomic mass is 16.5. The minimum absolute atomic E-state index is 0.00688. The number of nitrogens with one attached hydrogen (secondary N) is 1. The number of nitrogens with zero attached hydrogens (tertiary/aromatic N) is 1. The molecule has 0 saturated carbocycles.